The second-order valence-electron chi connectivity index (χ2n) is 6.99. The Hall–Kier alpha value is -3.06. The van der Waals surface area contributed by atoms with Crippen molar-refractivity contribution in [3.8, 4) is 0 Å². The number of imide groups is 1. The first-order chi connectivity index (χ1) is 13.6. The first-order valence-electron chi connectivity index (χ1n) is 9.28. The highest BCUT2D eigenvalue weighted by Gasteiger charge is 2.61. The van der Waals surface area contributed by atoms with E-state index in [1.54, 1.807) is 30.5 Å². The first kappa shape index (κ1) is 18.3. The van der Waals surface area contributed by atoms with Crippen molar-refractivity contribution in [2.24, 2.45) is 11.8 Å². The summed E-state index contributed by atoms with van der Waals surface area (Å²) in [6, 6.07) is 11.1. The number of fused-ring (bicyclic) bond motifs is 1. The van der Waals surface area contributed by atoms with Gasteiger partial charge in [0.1, 0.15) is 6.04 Å². The summed E-state index contributed by atoms with van der Waals surface area (Å²) in [5, 5.41) is 3.12. The average molecular weight is 379 g/mol. The molecule has 4 rings (SSSR count). The SMILES string of the molecule is CCc1ccc([C@H]2N[C@@H](C(=O)OC)[C@H]3C(=O)N(c4ccccc4)C(=O)[C@H]32)nc1. The van der Waals surface area contributed by atoms with E-state index in [2.05, 4.69) is 10.3 Å². The van der Waals surface area contributed by atoms with Gasteiger partial charge in [-0.1, -0.05) is 31.2 Å². The van der Waals surface area contributed by atoms with Gasteiger partial charge in [0, 0.05) is 6.20 Å². The summed E-state index contributed by atoms with van der Waals surface area (Å²) in [6.45, 7) is 2.03. The number of hydrogen-bond donors (Lipinski definition) is 1. The molecule has 7 heteroatoms. The van der Waals surface area contributed by atoms with Crippen molar-refractivity contribution < 1.29 is 19.1 Å². The van der Waals surface area contributed by atoms with Crippen LogP contribution in [-0.2, 0) is 25.5 Å². The van der Waals surface area contributed by atoms with Crippen LogP contribution in [0.3, 0.4) is 0 Å². The van der Waals surface area contributed by atoms with Crippen molar-refractivity contribution in [3.63, 3.8) is 0 Å². The van der Waals surface area contributed by atoms with Gasteiger partial charge in [-0.25, -0.2) is 4.90 Å². The molecular formula is C21H21N3O4. The molecule has 1 aromatic carbocycles. The van der Waals surface area contributed by atoms with Crippen LogP contribution in [0.1, 0.15) is 24.2 Å². The van der Waals surface area contributed by atoms with Gasteiger partial charge in [-0.05, 0) is 30.2 Å². The lowest BCUT2D eigenvalue weighted by Crippen LogP contribution is -2.43. The maximum atomic E-state index is 13.2. The number of anilines is 1. The molecule has 3 heterocycles. The molecule has 2 fully saturated rings. The van der Waals surface area contributed by atoms with E-state index in [1.807, 2.05) is 25.1 Å². The maximum Gasteiger partial charge on any atom is 0.323 e. The fourth-order valence-electron chi connectivity index (χ4n) is 4.09. The molecule has 2 aliphatic heterocycles. The molecular weight excluding hydrogens is 358 g/mol. The molecule has 0 saturated carbocycles. The third kappa shape index (κ3) is 2.79. The summed E-state index contributed by atoms with van der Waals surface area (Å²) >= 11 is 0. The number of hydrogen-bond acceptors (Lipinski definition) is 6. The molecule has 28 heavy (non-hydrogen) atoms. The first-order valence-corrected chi connectivity index (χ1v) is 9.28. The summed E-state index contributed by atoms with van der Waals surface area (Å²) < 4.78 is 4.88. The predicted octanol–water partition coefficient (Wildman–Crippen LogP) is 1.64. The number of ether oxygens (including phenoxy) is 1. The van der Waals surface area contributed by atoms with E-state index in [-0.39, 0.29) is 5.91 Å². The Morgan fingerprint density at radius 1 is 1.11 bits per heavy atom. The molecule has 7 nitrogen and oxygen atoms in total. The number of pyridine rings is 1. The number of rotatable bonds is 4. The molecule has 1 aromatic heterocycles. The molecule has 144 valence electrons. The fraction of sp³-hybridized carbons (Fsp3) is 0.333. The molecule has 2 saturated heterocycles. The summed E-state index contributed by atoms with van der Waals surface area (Å²) in [6.07, 6.45) is 2.61. The largest absolute Gasteiger partial charge is 0.468 e. The number of carbonyl (C=O) groups excluding carboxylic acids is 3. The number of methoxy groups -OCH3 is 1. The van der Waals surface area contributed by atoms with Crippen LogP contribution in [0.4, 0.5) is 5.69 Å². The molecule has 1 N–H and O–H groups in total. The van der Waals surface area contributed by atoms with E-state index in [0.29, 0.717) is 11.4 Å². The molecule has 0 radical (unpaired) electrons. The van der Waals surface area contributed by atoms with Crippen LogP contribution in [0.15, 0.2) is 48.7 Å². The Morgan fingerprint density at radius 2 is 1.82 bits per heavy atom. The summed E-state index contributed by atoms with van der Waals surface area (Å²) in [7, 11) is 1.27. The van der Waals surface area contributed by atoms with Gasteiger partial charge in [0.2, 0.25) is 11.8 Å². The number of nitrogens with one attached hydrogen (secondary N) is 1. The Bertz CT molecular complexity index is 913. The minimum atomic E-state index is -0.891. The van der Waals surface area contributed by atoms with Crippen molar-refractivity contribution in [2.75, 3.05) is 12.0 Å². The van der Waals surface area contributed by atoms with E-state index in [1.165, 1.54) is 12.0 Å². The van der Waals surface area contributed by atoms with Gasteiger partial charge in [0.25, 0.3) is 0 Å². The average Bonchev–Trinajstić information content (AvgIpc) is 3.25. The molecule has 2 aliphatic rings. The van der Waals surface area contributed by atoms with Crippen LogP contribution in [-0.4, -0.2) is 35.9 Å². The molecule has 2 aromatic rings. The van der Waals surface area contributed by atoms with Crippen LogP contribution in [0.2, 0.25) is 0 Å². The smallest absolute Gasteiger partial charge is 0.323 e. The summed E-state index contributed by atoms with van der Waals surface area (Å²) in [5.41, 5.74) is 2.21. The fourth-order valence-corrected chi connectivity index (χ4v) is 4.09. The number of amides is 2. The van der Waals surface area contributed by atoms with Gasteiger partial charge in [-0.3, -0.25) is 24.7 Å². The van der Waals surface area contributed by atoms with Crippen molar-refractivity contribution in [3.05, 3.63) is 59.9 Å². The molecule has 4 atom stereocenters. The number of carbonyl (C=O) groups is 3. The number of benzene rings is 1. The second-order valence-corrected chi connectivity index (χ2v) is 6.99. The van der Waals surface area contributed by atoms with Crippen molar-refractivity contribution >= 4 is 23.5 Å². The van der Waals surface area contributed by atoms with Crippen molar-refractivity contribution in [1.29, 1.82) is 0 Å². The van der Waals surface area contributed by atoms with Gasteiger partial charge >= 0.3 is 5.97 Å². The number of nitrogens with zero attached hydrogens (tertiary/aromatic N) is 2. The summed E-state index contributed by atoms with van der Waals surface area (Å²) in [4.78, 5) is 44.4. The second kappa shape index (κ2) is 7.16. The highest BCUT2D eigenvalue weighted by Crippen LogP contribution is 2.45. The van der Waals surface area contributed by atoms with Crippen molar-refractivity contribution in [1.82, 2.24) is 10.3 Å². The van der Waals surface area contributed by atoms with Gasteiger partial charge in [-0.15, -0.1) is 0 Å². The molecule has 0 unspecified atom stereocenters. The van der Waals surface area contributed by atoms with Crippen molar-refractivity contribution in [2.45, 2.75) is 25.4 Å². The van der Waals surface area contributed by atoms with E-state index in [0.717, 1.165) is 12.0 Å². The Morgan fingerprint density at radius 3 is 2.43 bits per heavy atom. The monoisotopic (exact) mass is 379 g/mol. The van der Waals surface area contributed by atoms with E-state index in [9.17, 15) is 14.4 Å². The van der Waals surface area contributed by atoms with Gasteiger partial charge in [0.15, 0.2) is 0 Å². The van der Waals surface area contributed by atoms with E-state index < -0.39 is 35.8 Å². The van der Waals surface area contributed by atoms with Crippen LogP contribution in [0.5, 0.6) is 0 Å². The Balaban J connectivity index is 1.75. The van der Waals surface area contributed by atoms with E-state index in [4.69, 9.17) is 4.74 Å². The van der Waals surface area contributed by atoms with Crippen LogP contribution >= 0.6 is 0 Å². The number of aromatic nitrogens is 1. The zero-order chi connectivity index (χ0) is 19.8. The molecule has 0 spiro atoms. The molecule has 0 bridgehead atoms. The van der Waals surface area contributed by atoms with Crippen LogP contribution in [0, 0.1) is 11.8 Å². The van der Waals surface area contributed by atoms with Gasteiger partial charge in [0.05, 0.1) is 36.4 Å². The third-order valence-corrected chi connectivity index (χ3v) is 5.52. The minimum Gasteiger partial charge on any atom is -0.468 e. The lowest BCUT2D eigenvalue weighted by molar-refractivity contribution is -0.145. The normalized spacial score (nSPS) is 26.4. The third-order valence-electron chi connectivity index (χ3n) is 5.52. The lowest BCUT2D eigenvalue weighted by Gasteiger charge is -2.21. The number of para-hydroxylation sites is 1. The standard InChI is InChI=1S/C21H21N3O4/c1-3-12-9-10-14(22-11-12)17-15-16(18(23-17)21(27)28-2)20(26)24(19(15)25)13-7-5-4-6-8-13/h4-11,15-18,23H,3H2,1-2H3/t15-,16+,17-,18-/m1/s1. The number of esters is 1. The Labute approximate surface area is 162 Å². The lowest BCUT2D eigenvalue weighted by atomic mass is 9.88. The highest BCUT2D eigenvalue weighted by molar-refractivity contribution is 6.23. The van der Waals surface area contributed by atoms with Crippen LogP contribution < -0.4 is 10.2 Å². The van der Waals surface area contributed by atoms with E-state index >= 15 is 0 Å². The zero-order valence-corrected chi connectivity index (χ0v) is 15.7. The van der Waals surface area contributed by atoms with Gasteiger partial charge < -0.3 is 4.74 Å². The maximum absolute atomic E-state index is 13.2. The number of aryl methyl sites for hydroxylation is 1. The molecule has 2 amide bonds. The summed E-state index contributed by atoms with van der Waals surface area (Å²) in [5.74, 6) is -2.81. The van der Waals surface area contributed by atoms with Gasteiger partial charge in [-0.2, -0.15) is 0 Å². The highest BCUT2D eigenvalue weighted by atomic mass is 16.5. The topological polar surface area (TPSA) is 88.6 Å². The predicted molar refractivity (Wildman–Crippen MR) is 101 cm³/mol. The van der Waals surface area contributed by atoms with Crippen LogP contribution in [0.25, 0.3) is 0 Å². The zero-order valence-electron chi connectivity index (χ0n) is 15.7. The minimum absolute atomic E-state index is 0.327. The Kier molecular flexibility index (Phi) is 4.68. The quantitative estimate of drug-likeness (QED) is 0.642. The molecule has 0 aliphatic carbocycles.